The van der Waals surface area contributed by atoms with Crippen LogP contribution in [0.2, 0.25) is 0 Å². The number of carbonyl (C=O) groups is 1. The van der Waals surface area contributed by atoms with Crippen LogP contribution in [-0.2, 0) is 14.3 Å². The fourth-order valence-corrected chi connectivity index (χ4v) is 6.10. The molecule has 0 spiro atoms. The third-order valence-corrected chi connectivity index (χ3v) is 8.46. The summed E-state index contributed by atoms with van der Waals surface area (Å²) in [6, 6.07) is 0. The molecule has 1 N–H and O–H groups in total. The number of hydrogen-bond donors (Lipinski definition) is 1. The second kappa shape index (κ2) is 19.0. The molecule has 1 saturated carbocycles. The molecule has 0 aromatic rings. The highest BCUT2D eigenvalue weighted by Gasteiger charge is 2.23. The topological polar surface area (TPSA) is 55.8 Å². The summed E-state index contributed by atoms with van der Waals surface area (Å²) in [6.45, 7) is 17.2. The van der Waals surface area contributed by atoms with Crippen LogP contribution < -0.4 is 0 Å². The molecule has 0 radical (unpaired) electrons. The molecular weight excluding hydrogens is 472 g/mol. The third-order valence-electron chi connectivity index (χ3n) is 8.46. The Bertz CT molecular complexity index is 752. The lowest BCUT2D eigenvalue weighted by atomic mass is 9.84. The molecule has 1 rings (SSSR count). The van der Waals surface area contributed by atoms with E-state index in [1.807, 2.05) is 14.0 Å². The minimum absolute atomic E-state index is 0.0595. The number of aliphatic hydroxyl groups excluding tert-OH is 1. The zero-order valence-corrected chi connectivity index (χ0v) is 26.1. The van der Waals surface area contributed by atoms with Gasteiger partial charge in [-0.05, 0) is 99.5 Å². The average molecular weight is 533 g/mol. The van der Waals surface area contributed by atoms with E-state index in [-0.39, 0.29) is 24.2 Å². The molecule has 220 valence electrons. The average Bonchev–Trinajstić information content (AvgIpc) is 2.88. The van der Waals surface area contributed by atoms with Crippen molar-refractivity contribution in [3.05, 3.63) is 35.5 Å². The molecule has 0 bridgehead atoms. The molecule has 0 saturated heterocycles. The molecule has 7 unspecified atom stereocenters. The molecule has 1 fully saturated rings. The first kappa shape index (κ1) is 34.8. The molecule has 38 heavy (non-hydrogen) atoms. The van der Waals surface area contributed by atoms with E-state index in [2.05, 4.69) is 53.3 Å². The summed E-state index contributed by atoms with van der Waals surface area (Å²) in [7, 11) is 3.58. The Balaban J connectivity index is 2.57. The van der Waals surface area contributed by atoms with E-state index in [1.54, 1.807) is 7.11 Å². The van der Waals surface area contributed by atoms with Gasteiger partial charge >= 0.3 is 0 Å². The summed E-state index contributed by atoms with van der Waals surface area (Å²) >= 11 is 0. The summed E-state index contributed by atoms with van der Waals surface area (Å²) in [5.41, 5.74) is 3.37. The first-order valence-corrected chi connectivity index (χ1v) is 15.4. The highest BCUT2D eigenvalue weighted by atomic mass is 16.5. The third kappa shape index (κ3) is 13.2. The summed E-state index contributed by atoms with van der Waals surface area (Å²) in [6.07, 6.45) is 16.1. The van der Waals surface area contributed by atoms with Gasteiger partial charge in [0.25, 0.3) is 0 Å². The lowest BCUT2D eigenvalue weighted by molar-refractivity contribution is -0.118. The van der Waals surface area contributed by atoms with Gasteiger partial charge < -0.3 is 14.6 Å². The minimum atomic E-state index is -0.615. The van der Waals surface area contributed by atoms with Crippen LogP contribution >= 0.6 is 0 Å². The minimum Gasteiger partial charge on any atom is -0.392 e. The molecule has 1 aliphatic carbocycles. The monoisotopic (exact) mass is 532 g/mol. The van der Waals surface area contributed by atoms with E-state index in [0.717, 1.165) is 56.9 Å². The van der Waals surface area contributed by atoms with Crippen molar-refractivity contribution in [3.8, 4) is 0 Å². The number of rotatable bonds is 19. The molecule has 0 aromatic heterocycles. The van der Waals surface area contributed by atoms with Crippen molar-refractivity contribution in [3.63, 3.8) is 0 Å². The van der Waals surface area contributed by atoms with Crippen LogP contribution in [0, 0.1) is 23.7 Å². The van der Waals surface area contributed by atoms with Crippen LogP contribution in [0.1, 0.15) is 119 Å². The highest BCUT2D eigenvalue weighted by molar-refractivity contribution is 5.95. The van der Waals surface area contributed by atoms with Crippen molar-refractivity contribution in [1.29, 1.82) is 0 Å². The standard InChI is InChI=1S/C34H60O4/c1-10-13-34(38-9)27(6)17-16-24(3)18-25(4)21-30(11-2)33(36)23-32(35)28(7)19-26(5)20-29-14-12-15-31(22-29)37-8/h20-21,24-25,28-29,31-32,34-35H,6,10-19,22-23H2,1-5,7-9H3. The summed E-state index contributed by atoms with van der Waals surface area (Å²) in [4.78, 5) is 13.1. The van der Waals surface area contributed by atoms with E-state index in [1.165, 1.54) is 24.0 Å². The van der Waals surface area contributed by atoms with Crippen molar-refractivity contribution >= 4 is 5.78 Å². The number of ether oxygens (including phenoxy) is 2. The van der Waals surface area contributed by atoms with Crippen LogP contribution in [0.3, 0.4) is 0 Å². The first-order valence-electron chi connectivity index (χ1n) is 15.4. The van der Waals surface area contributed by atoms with Crippen molar-refractivity contribution in [1.82, 2.24) is 0 Å². The van der Waals surface area contributed by atoms with Crippen LogP contribution in [0.25, 0.3) is 0 Å². The van der Waals surface area contributed by atoms with Gasteiger partial charge in [0.1, 0.15) is 0 Å². The van der Waals surface area contributed by atoms with Gasteiger partial charge in [-0.15, -0.1) is 0 Å². The van der Waals surface area contributed by atoms with Gasteiger partial charge in [-0.3, -0.25) is 4.79 Å². The molecule has 4 nitrogen and oxygen atoms in total. The smallest absolute Gasteiger partial charge is 0.161 e. The number of Topliss-reactive ketones (excluding diaryl/α,β-unsaturated/α-hetero) is 1. The molecule has 0 aliphatic heterocycles. The maximum absolute atomic E-state index is 13.1. The van der Waals surface area contributed by atoms with Gasteiger partial charge in [-0.25, -0.2) is 0 Å². The molecule has 0 heterocycles. The van der Waals surface area contributed by atoms with E-state index in [9.17, 15) is 9.90 Å². The van der Waals surface area contributed by atoms with E-state index in [0.29, 0.717) is 30.3 Å². The maximum Gasteiger partial charge on any atom is 0.161 e. The molecule has 0 aromatic carbocycles. The Kier molecular flexibility index (Phi) is 17.4. The lowest BCUT2D eigenvalue weighted by Crippen LogP contribution is -2.23. The normalized spacial score (nSPS) is 23.0. The second-order valence-electron chi connectivity index (χ2n) is 12.2. The van der Waals surface area contributed by atoms with Gasteiger partial charge in [-0.2, -0.15) is 0 Å². The predicted molar refractivity (Wildman–Crippen MR) is 161 cm³/mol. The lowest BCUT2D eigenvalue weighted by Gasteiger charge is -2.27. The SMILES string of the molecule is C=C(CCC(C)CC(C)C=C(CC)C(=O)CC(O)C(C)CC(C)=CC1CCCC(OC)C1)C(CCC)OC. The molecule has 0 amide bonds. The van der Waals surface area contributed by atoms with Gasteiger partial charge in [0.2, 0.25) is 0 Å². The van der Waals surface area contributed by atoms with E-state index < -0.39 is 6.10 Å². The number of methoxy groups -OCH3 is 2. The van der Waals surface area contributed by atoms with Crippen molar-refractivity contribution < 1.29 is 19.4 Å². The Hall–Kier alpha value is -1.23. The Morgan fingerprint density at radius 1 is 1.11 bits per heavy atom. The quantitative estimate of drug-likeness (QED) is 0.134. The van der Waals surface area contributed by atoms with Crippen LogP contribution in [0.5, 0.6) is 0 Å². The summed E-state index contributed by atoms with van der Waals surface area (Å²) in [5, 5.41) is 10.9. The van der Waals surface area contributed by atoms with Crippen molar-refractivity contribution in [2.75, 3.05) is 14.2 Å². The Labute approximate surface area is 235 Å². The number of ketones is 1. The molecular formula is C34H60O4. The Morgan fingerprint density at radius 2 is 1.82 bits per heavy atom. The second-order valence-corrected chi connectivity index (χ2v) is 12.2. The van der Waals surface area contributed by atoms with Crippen molar-refractivity contribution in [2.45, 2.75) is 137 Å². The van der Waals surface area contributed by atoms with Gasteiger partial charge in [0.15, 0.2) is 5.78 Å². The van der Waals surface area contributed by atoms with Crippen LogP contribution in [0.15, 0.2) is 35.5 Å². The number of aliphatic hydroxyl groups is 1. The van der Waals surface area contributed by atoms with Crippen LogP contribution in [-0.4, -0.2) is 43.4 Å². The first-order chi connectivity index (χ1) is 18.0. The molecule has 7 atom stereocenters. The van der Waals surface area contributed by atoms with E-state index >= 15 is 0 Å². The van der Waals surface area contributed by atoms with Gasteiger partial charge in [0, 0.05) is 20.6 Å². The maximum atomic E-state index is 13.1. The van der Waals surface area contributed by atoms with E-state index in [4.69, 9.17) is 9.47 Å². The predicted octanol–water partition coefficient (Wildman–Crippen LogP) is 8.63. The highest BCUT2D eigenvalue weighted by Crippen LogP contribution is 2.30. The van der Waals surface area contributed by atoms with Crippen LogP contribution in [0.4, 0.5) is 0 Å². The van der Waals surface area contributed by atoms with Gasteiger partial charge in [0.05, 0.1) is 18.3 Å². The fraction of sp³-hybridized carbons (Fsp3) is 0.794. The Morgan fingerprint density at radius 3 is 2.42 bits per heavy atom. The summed E-state index contributed by atoms with van der Waals surface area (Å²) in [5.74, 6) is 1.60. The number of carbonyl (C=O) groups excluding carboxylic acids is 1. The molecule has 4 heteroatoms. The number of allylic oxidation sites excluding steroid dienone is 4. The number of hydrogen-bond acceptors (Lipinski definition) is 4. The van der Waals surface area contributed by atoms with Crippen molar-refractivity contribution in [2.24, 2.45) is 23.7 Å². The van der Waals surface area contributed by atoms with Gasteiger partial charge in [-0.1, -0.05) is 71.8 Å². The largest absolute Gasteiger partial charge is 0.392 e. The zero-order valence-electron chi connectivity index (χ0n) is 26.1. The fourth-order valence-electron chi connectivity index (χ4n) is 6.10. The molecule has 1 aliphatic rings. The summed E-state index contributed by atoms with van der Waals surface area (Å²) < 4.78 is 11.2. The zero-order chi connectivity index (χ0) is 28.7.